The van der Waals surface area contributed by atoms with Gasteiger partial charge in [-0.15, -0.1) is 10.2 Å². The Balaban J connectivity index is 1.32. The molecule has 0 unspecified atom stereocenters. The van der Waals surface area contributed by atoms with Crippen LogP contribution in [-0.4, -0.2) is 52.5 Å². The Morgan fingerprint density at radius 1 is 1.04 bits per heavy atom. The lowest BCUT2D eigenvalue weighted by Gasteiger charge is -2.33. The number of ether oxygens (including phenoxy) is 1. The molecule has 0 aliphatic carbocycles. The van der Waals surface area contributed by atoms with Gasteiger partial charge in [-0.3, -0.25) is 4.57 Å². The molecule has 0 saturated carbocycles. The Bertz CT molecular complexity index is 628. The summed E-state index contributed by atoms with van der Waals surface area (Å²) in [7, 11) is 0. The predicted molar refractivity (Wildman–Crippen MR) is 93.2 cm³/mol. The number of likely N-dealkylation sites (tertiary alicyclic amines) is 1. The van der Waals surface area contributed by atoms with Gasteiger partial charge in [0.05, 0.1) is 6.61 Å². The molecule has 24 heavy (non-hydrogen) atoms. The second-order valence-corrected chi connectivity index (χ2v) is 7.13. The summed E-state index contributed by atoms with van der Waals surface area (Å²) < 4.78 is 7.63. The molecule has 0 spiro atoms. The van der Waals surface area contributed by atoms with E-state index in [-0.39, 0.29) is 0 Å². The van der Waals surface area contributed by atoms with Gasteiger partial charge in [0.25, 0.3) is 0 Å². The van der Waals surface area contributed by atoms with Crippen molar-refractivity contribution >= 4 is 0 Å². The molecule has 2 aliphatic heterocycles. The molecule has 0 radical (unpaired) electrons. The van der Waals surface area contributed by atoms with E-state index in [1.165, 1.54) is 38.9 Å². The van der Waals surface area contributed by atoms with Crippen LogP contribution in [0.25, 0.3) is 5.69 Å². The number of hydrogen-bond donors (Lipinski definition) is 0. The van der Waals surface area contributed by atoms with Crippen LogP contribution in [0, 0.1) is 11.8 Å². The Morgan fingerprint density at radius 2 is 1.88 bits per heavy atom. The number of benzene rings is 1. The molecule has 0 N–H and O–H groups in total. The SMILES string of the molecule is c1ccc(-n2cnnc2CC2CCN(C[C@@H]3CCOC3)CC2)cc1. The van der Waals surface area contributed by atoms with Gasteiger partial charge in [-0.2, -0.15) is 0 Å². The molecule has 1 atom stereocenters. The fourth-order valence-electron chi connectivity index (χ4n) is 3.93. The molecule has 2 aliphatic rings. The van der Waals surface area contributed by atoms with E-state index < -0.39 is 0 Å². The average molecular weight is 326 g/mol. The second-order valence-electron chi connectivity index (χ2n) is 7.13. The summed E-state index contributed by atoms with van der Waals surface area (Å²) in [5.41, 5.74) is 1.15. The van der Waals surface area contributed by atoms with Gasteiger partial charge in [0.15, 0.2) is 0 Å². The maximum absolute atomic E-state index is 5.50. The fourth-order valence-corrected chi connectivity index (χ4v) is 3.93. The van der Waals surface area contributed by atoms with E-state index in [1.807, 2.05) is 12.4 Å². The van der Waals surface area contributed by atoms with Crippen molar-refractivity contribution in [3.63, 3.8) is 0 Å². The summed E-state index contributed by atoms with van der Waals surface area (Å²) in [6, 6.07) is 10.4. The normalized spacial score (nSPS) is 22.9. The Labute approximate surface area is 143 Å². The molecule has 2 saturated heterocycles. The van der Waals surface area contributed by atoms with Gasteiger partial charge < -0.3 is 9.64 Å². The van der Waals surface area contributed by atoms with Crippen molar-refractivity contribution in [2.75, 3.05) is 32.8 Å². The Kier molecular flexibility index (Phi) is 4.90. The van der Waals surface area contributed by atoms with Crippen LogP contribution >= 0.6 is 0 Å². The van der Waals surface area contributed by atoms with E-state index >= 15 is 0 Å². The quantitative estimate of drug-likeness (QED) is 0.847. The van der Waals surface area contributed by atoms with E-state index in [0.717, 1.165) is 37.1 Å². The lowest BCUT2D eigenvalue weighted by atomic mass is 9.92. The molecular formula is C19H26N4O. The fraction of sp³-hybridized carbons (Fsp3) is 0.579. The Hall–Kier alpha value is -1.72. The van der Waals surface area contributed by atoms with Crippen molar-refractivity contribution < 1.29 is 4.74 Å². The summed E-state index contributed by atoms with van der Waals surface area (Å²) in [6.45, 7) is 5.55. The topological polar surface area (TPSA) is 43.2 Å². The van der Waals surface area contributed by atoms with E-state index in [0.29, 0.717) is 5.92 Å². The minimum absolute atomic E-state index is 0.716. The van der Waals surface area contributed by atoms with Crippen LogP contribution in [-0.2, 0) is 11.2 Å². The van der Waals surface area contributed by atoms with Crippen molar-refractivity contribution in [1.29, 1.82) is 0 Å². The monoisotopic (exact) mass is 326 g/mol. The molecule has 2 aromatic rings. The van der Waals surface area contributed by atoms with E-state index in [9.17, 15) is 0 Å². The summed E-state index contributed by atoms with van der Waals surface area (Å²) in [5, 5.41) is 8.51. The predicted octanol–water partition coefficient (Wildman–Crippen LogP) is 2.56. The first-order valence-electron chi connectivity index (χ1n) is 9.13. The maximum atomic E-state index is 5.50. The van der Waals surface area contributed by atoms with Crippen molar-refractivity contribution in [2.24, 2.45) is 11.8 Å². The van der Waals surface area contributed by atoms with Crippen LogP contribution < -0.4 is 0 Å². The van der Waals surface area contributed by atoms with Crippen LogP contribution in [0.3, 0.4) is 0 Å². The van der Waals surface area contributed by atoms with Crippen molar-refractivity contribution in [2.45, 2.75) is 25.7 Å². The highest BCUT2D eigenvalue weighted by molar-refractivity contribution is 5.32. The largest absolute Gasteiger partial charge is 0.381 e. The molecule has 1 aromatic heterocycles. The van der Waals surface area contributed by atoms with E-state index in [2.05, 4.69) is 43.9 Å². The minimum atomic E-state index is 0.716. The van der Waals surface area contributed by atoms with Gasteiger partial charge in [-0.05, 0) is 56.3 Å². The Morgan fingerprint density at radius 3 is 2.62 bits per heavy atom. The number of para-hydroxylation sites is 1. The maximum Gasteiger partial charge on any atom is 0.137 e. The van der Waals surface area contributed by atoms with Gasteiger partial charge in [0, 0.05) is 25.3 Å². The molecule has 4 rings (SSSR count). The van der Waals surface area contributed by atoms with Gasteiger partial charge in [0.2, 0.25) is 0 Å². The summed E-state index contributed by atoms with van der Waals surface area (Å²) >= 11 is 0. The third-order valence-corrected chi connectivity index (χ3v) is 5.37. The van der Waals surface area contributed by atoms with Gasteiger partial charge >= 0.3 is 0 Å². The van der Waals surface area contributed by atoms with Gasteiger partial charge in [0.1, 0.15) is 12.2 Å². The van der Waals surface area contributed by atoms with Crippen LogP contribution in [0.5, 0.6) is 0 Å². The minimum Gasteiger partial charge on any atom is -0.381 e. The number of piperidine rings is 1. The lowest BCUT2D eigenvalue weighted by molar-refractivity contribution is 0.140. The highest BCUT2D eigenvalue weighted by Gasteiger charge is 2.25. The van der Waals surface area contributed by atoms with Crippen molar-refractivity contribution in [1.82, 2.24) is 19.7 Å². The number of hydrogen-bond acceptors (Lipinski definition) is 4. The average Bonchev–Trinajstić information content (AvgIpc) is 3.29. The zero-order valence-electron chi connectivity index (χ0n) is 14.2. The molecule has 128 valence electrons. The number of nitrogens with zero attached hydrogens (tertiary/aromatic N) is 4. The third kappa shape index (κ3) is 3.68. The molecule has 5 heteroatoms. The molecule has 0 amide bonds. The summed E-state index contributed by atoms with van der Waals surface area (Å²) in [4.78, 5) is 2.62. The first kappa shape index (κ1) is 15.8. The smallest absolute Gasteiger partial charge is 0.137 e. The zero-order valence-corrected chi connectivity index (χ0v) is 14.2. The van der Waals surface area contributed by atoms with Crippen LogP contribution in [0.4, 0.5) is 0 Å². The second kappa shape index (κ2) is 7.45. The standard InChI is InChI=1S/C19H26N4O/c1-2-4-18(5-3-1)23-15-20-21-19(23)12-16-6-9-22(10-7-16)13-17-8-11-24-14-17/h1-5,15-17H,6-14H2/t17-/m0/s1. The highest BCUT2D eigenvalue weighted by atomic mass is 16.5. The first-order chi connectivity index (χ1) is 11.9. The summed E-state index contributed by atoms with van der Waals surface area (Å²) in [5.74, 6) is 2.55. The third-order valence-electron chi connectivity index (χ3n) is 5.37. The molecule has 1 aromatic carbocycles. The molecule has 5 nitrogen and oxygen atoms in total. The van der Waals surface area contributed by atoms with Crippen LogP contribution in [0.15, 0.2) is 36.7 Å². The number of rotatable bonds is 5. The first-order valence-corrected chi connectivity index (χ1v) is 9.13. The van der Waals surface area contributed by atoms with E-state index in [1.54, 1.807) is 0 Å². The van der Waals surface area contributed by atoms with Gasteiger partial charge in [-0.25, -0.2) is 0 Å². The van der Waals surface area contributed by atoms with Crippen LogP contribution in [0.2, 0.25) is 0 Å². The van der Waals surface area contributed by atoms with Gasteiger partial charge in [-0.1, -0.05) is 18.2 Å². The zero-order chi connectivity index (χ0) is 16.2. The highest BCUT2D eigenvalue weighted by Crippen LogP contribution is 2.24. The summed E-state index contributed by atoms with van der Waals surface area (Å²) in [6.07, 6.45) is 6.61. The van der Waals surface area contributed by atoms with Crippen molar-refractivity contribution in [3.05, 3.63) is 42.5 Å². The molecular weight excluding hydrogens is 300 g/mol. The number of aromatic nitrogens is 3. The molecule has 0 bridgehead atoms. The van der Waals surface area contributed by atoms with E-state index in [4.69, 9.17) is 4.74 Å². The molecule has 2 fully saturated rings. The van der Waals surface area contributed by atoms with Crippen molar-refractivity contribution in [3.8, 4) is 5.69 Å². The molecule has 3 heterocycles. The lowest BCUT2D eigenvalue weighted by Crippen LogP contribution is -2.37. The van der Waals surface area contributed by atoms with Crippen LogP contribution in [0.1, 0.15) is 25.1 Å².